The average molecular weight is 1060 g/mol. The molecule has 10 rings (SSSR count). The second-order valence-electron chi connectivity index (χ2n) is 19.1. The number of β-lactam (4-membered cyclic amide) rings is 1. The standard InChI is InChI=1S/C55H53N9O12S/c1-29(65)76-27-34-28-77(73,74)54-48(75-2)53(70)64(54)47(34)52(69)62-45(21-32-25-58-41-17-9-5-13-37(32)41)50(67)60-43(19-30-23-56-39-15-7-3-11-35(30)39)49(66)61-44(20-31-24-57-40-16-8-4-12-36(31)40)51(68)63-46(55(71)72)22-33-26-59-42-18-10-6-14-38(33)42/h3-18,23-26,43-46,48,54,56-59H,19-22,27-28H2,1-2H3,(H,60,67)(H,61,66)(H,62,69)(H,63,68)(H,71,72)/t43-,44-,45-,46-,48-,54+/m0/s1. The molecular formula is C55H53N9O12S. The predicted molar refractivity (Wildman–Crippen MR) is 282 cm³/mol. The largest absolute Gasteiger partial charge is 0.480 e. The molecule has 5 amide bonds. The number of amides is 5. The molecular weight excluding hydrogens is 1010 g/mol. The Morgan fingerprint density at radius 2 is 0.961 bits per heavy atom. The van der Waals surface area contributed by atoms with Crippen LogP contribution in [0.15, 0.2) is 133 Å². The zero-order valence-electron chi connectivity index (χ0n) is 41.5. The maximum Gasteiger partial charge on any atom is 0.326 e. The molecule has 21 nitrogen and oxygen atoms in total. The highest BCUT2D eigenvalue weighted by Crippen LogP contribution is 2.38. The van der Waals surface area contributed by atoms with Crippen molar-refractivity contribution in [2.24, 2.45) is 0 Å². The Bertz CT molecular complexity index is 3800. The van der Waals surface area contributed by atoms with Gasteiger partial charge < -0.3 is 55.8 Å². The number of aromatic amines is 4. The fourth-order valence-electron chi connectivity index (χ4n) is 10.3. The highest BCUT2D eigenvalue weighted by Gasteiger charge is 2.60. The van der Waals surface area contributed by atoms with Crippen molar-refractivity contribution < 1.29 is 56.6 Å². The lowest BCUT2D eigenvalue weighted by Crippen LogP contribution is -2.71. The molecule has 9 N–H and O–H groups in total. The summed E-state index contributed by atoms with van der Waals surface area (Å²) < 4.78 is 37.5. The average Bonchev–Trinajstić information content (AvgIpc) is 4.23. The lowest BCUT2D eigenvalue weighted by Gasteiger charge is -2.48. The Balaban J connectivity index is 0.998. The van der Waals surface area contributed by atoms with Crippen molar-refractivity contribution in [3.05, 3.63) is 155 Å². The Morgan fingerprint density at radius 3 is 1.34 bits per heavy atom. The SMILES string of the molecule is CO[C@H]1C(=O)N2C(C(=O)N[C@@H](Cc3c[nH]c4ccccc34)C(=O)N[C@@H](Cc3c[nH]c4ccccc34)C(=O)N[C@@H](Cc3c[nH]c4ccccc34)C(=O)N[C@@H](Cc3c[nH]c4ccccc34)C(=O)O)=C(COC(C)=O)CS(=O)(=O)[C@H]12. The summed E-state index contributed by atoms with van der Waals surface area (Å²) in [6, 6.07) is 23.3. The van der Waals surface area contributed by atoms with Crippen LogP contribution in [-0.2, 0) is 78.6 Å². The molecule has 2 aliphatic heterocycles. The molecule has 396 valence electrons. The first kappa shape index (κ1) is 51.5. The van der Waals surface area contributed by atoms with Crippen LogP contribution in [-0.4, -0.2) is 135 Å². The van der Waals surface area contributed by atoms with Crippen molar-refractivity contribution in [3.63, 3.8) is 0 Å². The third-order valence-corrected chi connectivity index (χ3v) is 16.1. The Hall–Kier alpha value is -9.02. The van der Waals surface area contributed by atoms with Gasteiger partial charge in [0.15, 0.2) is 21.3 Å². The molecule has 4 aromatic heterocycles. The van der Waals surface area contributed by atoms with Crippen LogP contribution in [0.1, 0.15) is 29.2 Å². The molecule has 2 aliphatic rings. The number of methoxy groups -OCH3 is 1. The van der Waals surface area contributed by atoms with Gasteiger partial charge in [0.05, 0.1) is 5.75 Å². The Kier molecular flexibility index (Phi) is 14.2. The minimum Gasteiger partial charge on any atom is -0.480 e. The van der Waals surface area contributed by atoms with Crippen LogP contribution in [0.25, 0.3) is 43.6 Å². The number of nitrogens with one attached hydrogen (secondary N) is 8. The summed E-state index contributed by atoms with van der Waals surface area (Å²) in [6.07, 6.45) is 4.71. The molecule has 1 fully saturated rings. The number of aliphatic carboxylic acids is 1. The van der Waals surface area contributed by atoms with Gasteiger partial charge in [-0.1, -0.05) is 72.8 Å². The van der Waals surface area contributed by atoms with Crippen molar-refractivity contribution in [2.75, 3.05) is 19.5 Å². The number of ether oxygens (including phenoxy) is 2. The van der Waals surface area contributed by atoms with Gasteiger partial charge in [0.25, 0.3) is 11.8 Å². The van der Waals surface area contributed by atoms with Gasteiger partial charge in [-0.25, -0.2) is 13.2 Å². The number of rotatable bonds is 20. The second kappa shape index (κ2) is 21.3. The molecule has 0 aliphatic carbocycles. The molecule has 8 aromatic rings. The molecule has 0 unspecified atom stereocenters. The van der Waals surface area contributed by atoms with Crippen molar-refractivity contribution in [3.8, 4) is 0 Å². The summed E-state index contributed by atoms with van der Waals surface area (Å²) in [5, 5.41) is 22.9. The maximum atomic E-state index is 15.2. The number of hydrogen-bond acceptors (Lipinski definition) is 11. The first-order valence-corrected chi connectivity index (χ1v) is 26.4. The van der Waals surface area contributed by atoms with E-state index >= 15 is 9.59 Å². The summed E-state index contributed by atoms with van der Waals surface area (Å²) >= 11 is 0. The third kappa shape index (κ3) is 10.4. The molecule has 6 heterocycles. The van der Waals surface area contributed by atoms with Gasteiger partial charge in [-0.05, 0) is 46.5 Å². The summed E-state index contributed by atoms with van der Waals surface area (Å²) in [5.74, 6) is -7.32. The molecule has 0 spiro atoms. The number of carboxylic acid groups (broad SMARTS) is 1. The van der Waals surface area contributed by atoms with Crippen LogP contribution in [0.2, 0.25) is 0 Å². The van der Waals surface area contributed by atoms with E-state index in [4.69, 9.17) is 9.47 Å². The topological polar surface area (TPSA) is 307 Å². The van der Waals surface area contributed by atoms with Gasteiger partial charge in [-0.3, -0.25) is 33.7 Å². The molecule has 6 atom stereocenters. The lowest BCUT2D eigenvalue weighted by atomic mass is 9.99. The van der Waals surface area contributed by atoms with E-state index in [0.29, 0.717) is 33.2 Å². The normalized spacial score (nSPS) is 17.5. The number of carbonyl (C=O) groups excluding carboxylic acids is 6. The van der Waals surface area contributed by atoms with Crippen LogP contribution >= 0.6 is 0 Å². The van der Waals surface area contributed by atoms with Crippen LogP contribution in [0.3, 0.4) is 0 Å². The van der Waals surface area contributed by atoms with E-state index in [9.17, 15) is 37.5 Å². The second-order valence-corrected chi connectivity index (χ2v) is 21.2. The smallest absolute Gasteiger partial charge is 0.326 e. The van der Waals surface area contributed by atoms with E-state index in [1.54, 1.807) is 43.0 Å². The number of nitrogens with zero attached hydrogens (tertiary/aromatic N) is 1. The van der Waals surface area contributed by atoms with E-state index in [0.717, 1.165) is 51.6 Å². The number of aromatic nitrogens is 4. The number of para-hydroxylation sites is 4. The van der Waals surface area contributed by atoms with Gasteiger partial charge in [-0.15, -0.1) is 0 Å². The minimum atomic E-state index is -4.17. The zero-order chi connectivity index (χ0) is 54.1. The van der Waals surface area contributed by atoms with E-state index in [1.165, 1.54) is 0 Å². The van der Waals surface area contributed by atoms with Crippen molar-refractivity contribution in [1.29, 1.82) is 0 Å². The number of benzene rings is 4. The molecule has 0 saturated carbocycles. The summed E-state index contributed by atoms with van der Waals surface area (Å²) in [6.45, 7) is 0.428. The first-order valence-electron chi connectivity index (χ1n) is 24.7. The zero-order valence-corrected chi connectivity index (χ0v) is 42.4. The highest BCUT2D eigenvalue weighted by atomic mass is 32.2. The van der Waals surface area contributed by atoms with Crippen molar-refractivity contribution in [2.45, 2.75) is 68.3 Å². The molecule has 22 heteroatoms. The number of carbonyl (C=O) groups is 7. The molecule has 77 heavy (non-hydrogen) atoms. The fraction of sp³-hybridized carbons (Fsp3) is 0.255. The van der Waals surface area contributed by atoms with Crippen molar-refractivity contribution >= 4 is 94.9 Å². The number of H-pyrrole nitrogens is 4. The van der Waals surface area contributed by atoms with E-state index in [-0.39, 0.29) is 31.3 Å². The van der Waals surface area contributed by atoms with Gasteiger partial charge >= 0.3 is 11.9 Å². The minimum absolute atomic E-state index is 0.0981. The van der Waals surface area contributed by atoms with Gasteiger partial charge in [0, 0.05) is 114 Å². The predicted octanol–water partition coefficient (Wildman–Crippen LogP) is 3.34. The number of esters is 1. The highest BCUT2D eigenvalue weighted by molar-refractivity contribution is 7.92. The maximum absolute atomic E-state index is 15.2. The van der Waals surface area contributed by atoms with Gasteiger partial charge in [-0.2, -0.15) is 0 Å². The number of carboxylic acids is 1. The number of sulfone groups is 1. The van der Waals surface area contributed by atoms with Crippen LogP contribution < -0.4 is 21.3 Å². The summed E-state index contributed by atoms with van der Waals surface area (Å²) in [7, 11) is -3.01. The molecule has 0 bridgehead atoms. The molecule has 0 radical (unpaired) electrons. The van der Waals surface area contributed by atoms with Crippen LogP contribution in [0, 0.1) is 0 Å². The Labute approximate surface area is 439 Å². The van der Waals surface area contributed by atoms with Gasteiger partial charge in [0.1, 0.15) is 36.5 Å². The lowest BCUT2D eigenvalue weighted by molar-refractivity contribution is -0.161. The van der Waals surface area contributed by atoms with E-state index < -0.39 is 105 Å². The quantitative estimate of drug-likeness (QED) is 0.0392. The number of hydrogen-bond donors (Lipinski definition) is 9. The van der Waals surface area contributed by atoms with Gasteiger partial charge in [0.2, 0.25) is 17.7 Å². The Morgan fingerprint density at radius 1 is 0.597 bits per heavy atom. The molecule has 4 aromatic carbocycles. The van der Waals surface area contributed by atoms with E-state index in [2.05, 4.69) is 41.2 Å². The van der Waals surface area contributed by atoms with E-state index in [1.807, 2.05) is 78.9 Å². The first-order chi connectivity index (χ1) is 37.1. The number of fused-ring (bicyclic) bond motifs is 5. The monoisotopic (exact) mass is 1060 g/mol. The van der Waals surface area contributed by atoms with Crippen molar-refractivity contribution in [1.82, 2.24) is 46.1 Å². The van der Waals surface area contributed by atoms with Crippen LogP contribution in [0.5, 0.6) is 0 Å². The molecule has 1 saturated heterocycles. The third-order valence-electron chi connectivity index (χ3n) is 14.1. The summed E-state index contributed by atoms with van der Waals surface area (Å²) in [4.78, 5) is 112. The summed E-state index contributed by atoms with van der Waals surface area (Å²) in [5.41, 5.74) is 4.73. The fourth-order valence-corrected chi connectivity index (χ4v) is 12.3. The van der Waals surface area contributed by atoms with Crippen LogP contribution in [0.4, 0.5) is 0 Å².